The summed E-state index contributed by atoms with van der Waals surface area (Å²) in [4.78, 5) is -0.0976. The molecule has 1 atom stereocenters. The Morgan fingerprint density at radius 3 is 2.50 bits per heavy atom. The summed E-state index contributed by atoms with van der Waals surface area (Å²) in [7, 11) is 0. The van der Waals surface area contributed by atoms with Gasteiger partial charge < -0.3 is 4.74 Å². The Kier molecular flexibility index (Phi) is 5.64. The summed E-state index contributed by atoms with van der Waals surface area (Å²) in [5.41, 5.74) is 1.87. The molecule has 0 radical (unpaired) electrons. The maximum Gasteiger partial charge on any atom is 0.133 e. The number of ether oxygens (including phenoxy) is 1. The number of halogens is 4. The zero-order valence-electron chi connectivity index (χ0n) is 10.7. The van der Waals surface area contributed by atoms with Crippen molar-refractivity contribution in [2.45, 2.75) is 11.8 Å². The van der Waals surface area contributed by atoms with Crippen LogP contribution >= 0.6 is 47.8 Å². The van der Waals surface area contributed by atoms with Crippen molar-refractivity contribution in [3.63, 3.8) is 0 Å². The molecule has 2 rings (SSSR count). The molecule has 0 aliphatic rings. The van der Waals surface area contributed by atoms with E-state index < -0.39 is 0 Å². The van der Waals surface area contributed by atoms with E-state index in [9.17, 15) is 4.39 Å². The molecule has 0 amide bonds. The lowest BCUT2D eigenvalue weighted by molar-refractivity contribution is 0.338. The van der Waals surface area contributed by atoms with Gasteiger partial charge in [-0.2, -0.15) is 0 Å². The molecule has 0 bridgehead atoms. The van der Waals surface area contributed by atoms with Crippen molar-refractivity contribution >= 4 is 47.8 Å². The standard InChI is InChI=1S/C15H12Br3FO/c1-2-20-14-6-3-9(7-13(14)17)15(18)11-8-10(19)4-5-12(11)16/h3-8,15H,2H2,1H3. The molecule has 0 aromatic heterocycles. The van der Waals surface area contributed by atoms with Gasteiger partial charge in [0, 0.05) is 4.47 Å². The maximum absolute atomic E-state index is 13.4. The van der Waals surface area contributed by atoms with Crippen LogP contribution < -0.4 is 4.74 Å². The van der Waals surface area contributed by atoms with E-state index in [1.54, 1.807) is 6.07 Å². The van der Waals surface area contributed by atoms with Crippen LogP contribution in [-0.4, -0.2) is 6.61 Å². The Labute approximate surface area is 142 Å². The van der Waals surface area contributed by atoms with Gasteiger partial charge >= 0.3 is 0 Å². The molecule has 2 aromatic carbocycles. The molecule has 106 valence electrons. The molecule has 2 aromatic rings. The topological polar surface area (TPSA) is 9.23 Å². The largest absolute Gasteiger partial charge is 0.493 e. The fourth-order valence-corrected chi connectivity index (χ4v) is 3.79. The van der Waals surface area contributed by atoms with Gasteiger partial charge in [-0.05, 0) is 64.3 Å². The van der Waals surface area contributed by atoms with Crippen LogP contribution in [0.2, 0.25) is 0 Å². The second kappa shape index (κ2) is 7.05. The first-order valence-electron chi connectivity index (χ1n) is 6.04. The Morgan fingerprint density at radius 1 is 1.10 bits per heavy atom. The van der Waals surface area contributed by atoms with Crippen LogP contribution in [-0.2, 0) is 0 Å². The third-order valence-electron chi connectivity index (χ3n) is 2.78. The van der Waals surface area contributed by atoms with E-state index >= 15 is 0 Å². The van der Waals surface area contributed by atoms with E-state index in [1.807, 2.05) is 25.1 Å². The van der Waals surface area contributed by atoms with Gasteiger partial charge in [0.15, 0.2) is 0 Å². The lowest BCUT2D eigenvalue weighted by Crippen LogP contribution is -1.97. The number of hydrogen-bond donors (Lipinski definition) is 0. The number of rotatable bonds is 4. The Hall–Kier alpha value is -0.390. The van der Waals surface area contributed by atoms with Gasteiger partial charge in [-0.25, -0.2) is 4.39 Å². The van der Waals surface area contributed by atoms with Crippen molar-refractivity contribution in [2.24, 2.45) is 0 Å². The van der Waals surface area contributed by atoms with Crippen LogP contribution in [0.1, 0.15) is 22.9 Å². The zero-order chi connectivity index (χ0) is 14.7. The van der Waals surface area contributed by atoms with E-state index in [4.69, 9.17) is 4.74 Å². The second-order valence-electron chi connectivity index (χ2n) is 4.15. The lowest BCUT2D eigenvalue weighted by Gasteiger charge is -2.15. The number of hydrogen-bond acceptors (Lipinski definition) is 1. The molecule has 0 N–H and O–H groups in total. The van der Waals surface area contributed by atoms with Crippen molar-refractivity contribution < 1.29 is 9.13 Å². The highest BCUT2D eigenvalue weighted by molar-refractivity contribution is 9.11. The molecule has 0 saturated heterocycles. The smallest absolute Gasteiger partial charge is 0.133 e. The number of benzene rings is 2. The van der Waals surface area contributed by atoms with Gasteiger partial charge in [0.2, 0.25) is 0 Å². The molecule has 0 spiro atoms. The molecule has 20 heavy (non-hydrogen) atoms. The van der Waals surface area contributed by atoms with E-state index in [1.165, 1.54) is 12.1 Å². The van der Waals surface area contributed by atoms with Crippen molar-refractivity contribution in [3.8, 4) is 5.75 Å². The predicted molar refractivity (Wildman–Crippen MR) is 90.2 cm³/mol. The summed E-state index contributed by atoms with van der Waals surface area (Å²) in [5, 5.41) is 0. The van der Waals surface area contributed by atoms with Crippen molar-refractivity contribution in [1.82, 2.24) is 0 Å². The summed E-state index contributed by atoms with van der Waals surface area (Å²) >= 11 is 10.6. The fraction of sp³-hybridized carbons (Fsp3) is 0.200. The zero-order valence-corrected chi connectivity index (χ0v) is 15.4. The van der Waals surface area contributed by atoms with Gasteiger partial charge in [-0.1, -0.05) is 37.9 Å². The fourth-order valence-electron chi connectivity index (χ4n) is 1.84. The molecule has 0 aliphatic heterocycles. The van der Waals surface area contributed by atoms with Gasteiger partial charge in [-0.3, -0.25) is 0 Å². The number of alkyl halides is 1. The van der Waals surface area contributed by atoms with Crippen molar-refractivity contribution in [2.75, 3.05) is 6.61 Å². The van der Waals surface area contributed by atoms with E-state index in [0.29, 0.717) is 6.61 Å². The average molecular weight is 467 g/mol. The van der Waals surface area contributed by atoms with Crippen molar-refractivity contribution in [3.05, 3.63) is 62.3 Å². The van der Waals surface area contributed by atoms with Crippen LogP contribution in [0.25, 0.3) is 0 Å². The normalized spacial score (nSPS) is 12.2. The Balaban J connectivity index is 2.35. The summed E-state index contributed by atoms with van der Waals surface area (Å²) in [6.07, 6.45) is 0. The van der Waals surface area contributed by atoms with Crippen molar-refractivity contribution in [1.29, 1.82) is 0 Å². The quantitative estimate of drug-likeness (QED) is 0.485. The summed E-state index contributed by atoms with van der Waals surface area (Å²) in [6, 6.07) is 10.5. The third-order valence-corrected chi connectivity index (χ3v) is 5.14. The molecule has 0 aliphatic carbocycles. The predicted octanol–water partition coefficient (Wildman–Crippen LogP) is 6.23. The molecule has 5 heteroatoms. The minimum atomic E-state index is -0.252. The maximum atomic E-state index is 13.4. The second-order valence-corrected chi connectivity index (χ2v) is 6.78. The van der Waals surface area contributed by atoms with E-state index in [0.717, 1.165) is 25.8 Å². The van der Waals surface area contributed by atoms with Crippen LogP contribution in [0.15, 0.2) is 45.3 Å². The Bertz CT molecular complexity index is 616. The van der Waals surface area contributed by atoms with Gasteiger partial charge in [0.25, 0.3) is 0 Å². The van der Waals surface area contributed by atoms with Crippen LogP contribution in [0.4, 0.5) is 4.39 Å². The van der Waals surface area contributed by atoms with Gasteiger partial charge in [0.05, 0.1) is 15.9 Å². The molecule has 0 saturated carbocycles. The molecular weight excluding hydrogens is 455 g/mol. The van der Waals surface area contributed by atoms with E-state index in [2.05, 4.69) is 47.8 Å². The van der Waals surface area contributed by atoms with Gasteiger partial charge in [0.1, 0.15) is 11.6 Å². The minimum Gasteiger partial charge on any atom is -0.493 e. The summed E-state index contributed by atoms with van der Waals surface area (Å²) < 4.78 is 20.6. The highest BCUT2D eigenvalue weighted by Crippen LogP contribution is 2.38. The van der Waals surface area contributed by atoms with E-state index in [-0.39, 0.29) is 10.6 Å². The average Bonchev–Trinajstić information content (AvgIpc) is 2.43. The van der Waals surface area contributed by atoms with Crippen LogP contribution in [0.5, 0.6) is 5.75 Å². The lowest BCUT2D eigenvalue weighted by atomic mass is 10.0. The minimum absolute atomic E-state index is 0.0976. The molecule has 1 unspecified atom stereocenters. The van der Waals surface area contributed by atoms with Gasteiger partial charge in [-0.15, -0.1) is 0 Å². The monoisotopic (exact) mass is 464 g/mol. The van der Waals surface area contributed by atoms with Crippen LogP contribution in [0.3, 0.4) is 0 Å². The molecular formula is C15H12Br3FO. The highest BCUT2D eigenvalue weighted by atomic mass is 79.9. The SMILES string of the molecule is CCOc1ccc(C(Br)c2cc(F)ccc2Br)cc1Br. The summed E-state index contributed by atoms with van der Waals surface area (Å²) in [6.45, 7) is 2.56. The third kappa shape index (κ3) is 3.62. The highest BCUT2D eigenvalue weighted by Gasteiger charge is 2.16. The molecule has 0 heterocycles. The molecule has 1 nitrogen and oxygen atoms in total. The first kappa shape index (κ1) is 16.0. The summed E-state index contributed by atoms with van der Waals surface area (Å²) in [5.74, 6) is 0.548. The first-order valence-corrected chi connectivity index (χ1v) is 8.54. The van der Waals surface area contributed by atoms with Crippen LogP contribution in [0, 0.1) is 5.82 Å². The first-order chi connectivity index (χ1) is 9.52. The Morgan fingerprint density at radius 2 is 1.85 bits per heavy atom. The molecule has 0 fully saturated rings.